The highest BCUT2D eigenvalue weighted by Crippen LogP contribution is 2.32. The fourth-order valence-corrected chi connectivity index (χ4v) is 3.63. The topological polar surface area (TPSA) is 67.2 Å². The summed E-state index contributed by atoms with van der Waals surface area (Å²) < 4.78 is 29.1. The van der Waals surface area contributed by atoms with Gasteiger partial charge in [0, 0.05) is 0 Å². The summed E-state index contributed by atoms with van der Waals surface area (Å²) in [6, 6.07) is 15.3. The molecule has 2 aromatic rings. The highest BCUT2D eigenvalue weighted by Gasteiger charge is 2.40. The molecule has 0 N–H and O–H groups in total. The molecule has 0 bridgehead atoms. The van der Waals surface area contributed by atoms with Crippen LogP contribution in [0.15, 0.2) is 48.5 Å². The predicted octanol–water partition coefficient (Wildman–Crippen LogP) is 4.27. The van der Waals surface area contributed by atoms with Crippen LogP contribution in [0.4, 0.5) is 0 Å². The van der Waals surface area contributed by atoms with Crippen molar-refractivity contribution in [1.82, 2.24) is 0 Å². The molecule has 0 fully saturated rings. The summed E-state index contributed by atoms with van der Waals surface area (Å²) in [6.45, 7) is 0.989. The van der Waals surface area contributed by atoms with E-state index >= 15 is 0 Å². The van der Waals surface area contributed by atoms with Gasteiger partial charge in [0.05, 0.1) is 16.8 Å². The van der Waals surface area contributed by atoms with E-state index in [1.165, 1.54) is 6.92 Å². The van der Waals surface area contributed by atoms with Crippen LogP contribution in [0, 0.1) is 11.3 Å². The zero-order chi connectivity index (χ0) is 17.8. The molecule has 0 aliphatic heterocycles. The summed E-state index contributed by atoms with van der Waals surface area (Å²) in [7, 11) is -3.78. The van der Waals surface area contributed by atoms with Gasteiger partial charge in [0.25, 0.3) is 0 Å². The number of ether oxygens (including phenoxy) is 1. The van der Waals surface area contributed by atoms with Gasteiger partial charge < -0.3 is 4.74 Å². The second-order valence-corrected chi connectivity index (χ2v) is 8.63. The first-order valence-corrected chi connectivity index (χ1v) is 9.44. The van der Waals surface area contributed by atoms with Gasteiger partial charge >= 0.3 is 0 Å². The van der Waals surface area contributed by atoms with Gasteiger partial charge in [-0.25, -0.2) is 8.42 Å². The van der Waals surface area contributed by atoms with Crippen LogP contribution in [0.3, 0.4) is 0 Å². The highest BCUT2D eigenvalue weighted by molar-refractivity contribution is 7.92. The third-order valence-corrected chi connectivity index (χ3v) is 6.64. The highest BCUT2D eigenvalue weighted by atomic mass is 35.5. The molecule has 1 atom stereocenters. The zero-order valence-electron chi connectivity index (χ0n) is 12.9. The number of nitrogens with zero attached hydrogens (tertiary/aromatic N) is 1. The minimum atomic E-state index is -3.78. The summed E-state index contributed by atoms with van der Waals surface area (Å²) in [5.74, 6) is -0.00888. The van der Waals surface area contributed by atoms with Crippen LogP contribution >= 0.6 is 23.2 Å². The van der Waals surface area contributed by atoms with E-state index in [2.05, 4.69) is 0 Å². The molecule has 0 saturated carbocycles. The first-order valence-electron chi connectivity index (χ1n) is 7.03. The third-order valence-electron chi connectivity index (χ3n) is 3.54. The Balaban J connectivity index is 2.21. The van der Waals surface area contributed by atoms with Crippen LogP contribution in [0.25, 0.3) is 0 Å². The second kappa shape index (κ2) is 7.43. The SMILES string of the molecule is CC(C#N)(COc1cccc(Cl)c1Cl)S(=O)(=O)Cc1ccccc1. The maximum atomic E-state index is 12.7. The summed E-state index contributed by atoms with van der Waals surface area (Å²) >= 11 is 11.9. The van der Waals surface area contributed by atoms with E-state index in [1.54, 1.807) is 48.5 Å². The van der Waals surface area contributed by atoms with Crippen molar-refractivity contribution in [1.29, 1.82) is 5.26 Å². The van der Waals surface area contributed by atoms with Crippen molar-refractivity contribution in [2.75, 3.05) is 6.61 Å². The summed E-state index contributed by atoms with van der Waals surface area (Å²) in [5, 5.41) is 9.90. The minimum Gasteiger partial charge on any atom is -0.489 e. The smallest absolute Gasteiger partial charge is 0.189 e. The molecule has 2 rings (SSSR count). The Morgan fingerprint density at radius 2 is 1.79 bits per heavy atom. The van der Waals surface area contributed by atoms with Gasteiger partial charge in [-0.05, 0) is 24.6 Å². The van der Waals surface area contributed by atoms with Crippen molar-refractivity contribution in [2.24, 2.45) is 0 Å². The van der Waals surface area contributed by atoms with Crippen LogP contribution in [-0.2, 0) is 15.6 Å². The molecule has 7 heteroatoms. The Hall–Kier alpha value is -1.74. The summed E-state index contributed by atoms with van der Waals surface area (Å²) in [5.41, 5.74) is 0.611. The summed E-state index contributed by atoms with van der Waals surface area (Å²) in [4.78, 5) is 0. The number of hydrogen-bond donors (Lipinski definition) is 0. The summed E-state index contributed by atoms with van der Waals surface area (Å²) in [6.07, 6.45) is 0. The van der Waals surface area contributed by atoms with Gasteiger partial charge in [0.1, 0.15) is 17.4 Å². The molecule has 0 amide bonds. The molecule has 0 aliphatic rings. The molecule has 0 radical (unpaired) electrons. The Morgan fingerprint density at radius 3 is 2.42 bits per heavy atom. The number of hydrogen-bond acceptors (Lipinski definition) is 4. The van der Waals surface area contributed by atoms with Gasteiger partial charge in [-0.15, -0.1) is 0 Å². The molecule has 4 nitrogen and oxygen atoms in total. The van der Waals surface area contributed by atoms with Crippen LogP contribution in [0.1, 0.15) is 12.5 Å². The van der Waals surface area contributed by atoms with E-state index in [0.29, 0.717) is 10.6 Å². The molecule has 1 unspecified atom stereocenters. The number of sulfone groups is 1. The molecule has 0 saturated heterocycles. The normalized spacial score (nSPS) is 13.8. The average molecular weight is 384 g/mol. The lowest BCUT2D eigenvalue weighted by atomic mass is 10.2. The largest absolute Gasteiger partial charge is 0.489 e. The van der Waals surface area contributed by atoms with E-state index in [-0.39, 0.29) is 23.1 Å². The molecule has 0 aliphatic carbocycles. The minimum absolute atomic E-state index is 0.180. The van der Waals surface area contributed by atoms with Crippen LogP contribution in [-0.4, -0.2) is 19.8 Å². The first-order chi connectivity index (χ1) is 11.3. The molecule has 2 aromatic carbocycles. The Morgan fingerprint density at radius 1 is 1.12 bits per heavy atom. The van der Waals surface area contributed by atoms with Gasteiger partial charge in [-0.3, -0.25) is 0 Å². The van der Waals surface area contributed by atoms with Crippen LogP contribution in [0.5, 0.6) is 5.75 Å². The quantitative estimate of drug-likeness (QED) is 0.746. The molecule has 0 spiro atoms. The Bertz CT molecular complexity index is 863. The fourth-order valence-electron chi connectivity index (χ4n) is 1.96. The van der Waals surface area contributed by atoms with Crippen LogP contribution < -0.4 is 4.74 Å². The first kappa shape index (κ1) is 18.6. The molecule has 24 heavy (non-hydrogen) atoms. The molecule has 0 heterocycles. The van der Waals surface area contributed by atoms with Crippen molar-refractivity contribution >= 4 is 33.0 Å². The van der Waals surface area contributed by atoms with E-state index in [1.807, 2.05) is 6.07 Å². The van der Waals surface area contributed by atoms with Crippen molar-refractivity contribution in [3.63, 3.8) is 0 Å². The molecular formula is C17H15Cl2NO3S. The number of halogens is 2. The standard InChI is InChI=1S/C17H15Cl2NO3S/c1-17(11-20,12-23-15-9-5-8-14(18)16(15)19)24(21,22)10-13-6-3-2-4-7-13/h2-9H,10,12H2,1H3. The maximum absolute atomic E-state index is 12.7. The zero-order valence-corrected chi connectivity index (χ0v) is 15.2. The lowest BCUT2D eigenvalue weighted by molar-refractivity contribution is 0.295. The lowest BCUT2D eigenvalue weighted by Gasteiger charge is -2.22. The molecule has 126 valence electrons. The van der Waals surface area contributed by atoms with E-state index in [4.69, 9.17) is 27.9 Å². The predicted molar refractivity (Wildman–Crippen MR) is 95.0 cm³/mol. The van der Waals surface area contributed by atoms with Crippen molar-refractivity contribution in [2.45, 2.75) is 17.4 Å². The van der Waals surface area contributed by atoms with E-state index in [0.717, 1.165) is 0 Å². The van der Waals surface area contributed by atoms with Crippen molar-refractivity contribution in [3.05, 3.63) is 64.1 Å². The van der Waals surface area contributed by atoms with Gasteiger partial charge in [0.2, 0.25) is 0 Å². The monoisotopic (exact) mass is 383 g/mol. The maximum Gasteiger partial charge on any atom is 0.189 e. The van der Waals surface area contributed by atoms with Gasteiger partial charge in [-0.1, -0.05) is 59.6 Å². The van der Waals surface area contributed by atoms with Crippen molar-refractivity contribution < 1.29 is 13.2 Å². The molecular weight excluding hydrogens is 369 g/mol. The third kappa shape index (κ3) is 4.02. The second-order valence-electron chi connectivity index (χ2n) is 5.43. The Labute approximate surface area is 151 Å². The number of nitriles is 1. The van der Waals surface area contributed by atoms with E-state index < -0.39 is 14.6 Å². The number of rotatable bonds is 6. The number of benzene rings is 2. The van der Waals surface area contributed by atoms with E-state index in [9.17, 15) is 13.7 Å². The van der Waals surface area contributed by atoms with Crippen molar-refractivity contribution in [3.8, 4) is 11.8 Å². The van der Waals surface area contributed by atoms with Gasteiger partial charge in [0.15, 0.2) is 14.6 Å². The van der Waals surface area contributed by atoms with Crippen LogP contribution in [0.2, 0.25) is 10.0 Å². The average Bonchev–Trinajstić information content (AvgIpc) is 2.56. The fraction of sp³-hybridized carbons (Fsp3) is 0.235. The Kier molecular flexibility index (Phi) is 5.76. The lowest BCUT2D eigenvalue weighted by Crippen LogP contribution is -2.40. The van der Waals surface area contributed by atoms with Gasteiger partial charge in [-0.2, -0.15) is 5.26 Å². The molecule has 0 aromatic heterocycles.